The summed E-state index contributed by atoms with van der Waals surface area (Å²) in [6.45, 7) is 6.07. The molecule has 0 fully saturated rings. The number of rotatable bonds is 3. The van der Waals surface area contributed by atoms with Gasteiger partial charge in [0.15, 0.2) is 0 Å². The van der Waals surface area contributed by atoms with Gasteiger partial charge in [-0.25, -0.2) is 0 Å². The van der Waals surface area contributed by atoms with Gasteiger partial charge in [0.05, 0.1) is 0 Å². The molecule has 1 atom stereocenters. The molecule has 0 saturated heterocycles. The predicted octanol–water partition coefficient (Wildman–Crippen LogP) is 3.11. The second kappa shape index (κ2) is 5.58. The molecule has 0 aliphatic carbocycles. The Bertz CT molecular complexity index is 382. The van der Waals surface area contributed by atoms with Crippen LogP contribution < -0.4 is 5.73 Å². The van der Waals surface area contributed by atoms with Crippen LogP contribution in [0.1, 0.15) is 42.5 Å². The van der Waals surface area contributed by atoms with Crippen molar-refractivity contribution in [2.75, 3.05) is 0 Å². The molecule has 0 aliphatic rings. The summed E-state index contributed by atoms with van der Waals surface area (Å²) < 4.78 is 0. The lowest BCUT2D eigenvalue weighted by Crippen LogP contribution is -2.11. The van der Waals surface area contributed by atoms with Crippen molar-refractivity contribution in [2.24, 2.45) is 5.73 Å². The Morgan fingerprint density at radius 2 is 2.07 bits per heavy atom. The van der Waals surface area contributed by atoms with E-state index in [1.54, 1.807) is 0 Å². The minimum Gasteiger partial charge on any atom is -0.324 e. The van der Waals surface area contributed by atoms with Gasteiger partial charge in [0.1, 0.15) is 0 Å². The molecule has 1 heteroatoms. The van der Waals surface area contributed by atoms with E-state index in [2.05, 4.69) is 43.9 Å². The minimum absolute atomic E-state index is 0.116. The average Bonchev–Trinajstić information content (AvgIpc) is 2.22. The van der Waals surface area contributed by atoms with Crippen LogP contribution in [0.4, 0.5) is 0 Å². The van der Waals surface area contributed by atoms with Gasteiger partial charge in [0, 0.05) is 12.5 Å². The van der Waals surface area contributed by atoms with Gasteiger partial charge in [-0.1, -0.05) is 23.8 Å². The number of aryl methyl sites for hydroxylation is 2. The lowest BCUT2D eigenvalue weighted by molar-refractivity contribution is 0.663. The summed E-state index contributed by atoms with van der Waals surface area (Å²) in [6, 6.07) is 6.55. The van der Waals surface area contributed by atoms with Crippen molar-refractivity contribution < 1.29 is 0 Å². The molecule has 0 heterocycles. The van der Waals surface area contributed by atoms with Crippen LogP contribution in [0.3, 0.4) is 0 Å². The first-order chi connectivity index (χ1) is 7.15. The van der Waals surface area contributed by atoms with Gasteiger partial charge < -0.3 is 5.73 Å². The van der Waals surface area contributed by atoms with Gasteiger partial charge in [-0.3, -0.25) is 0 Å². The first-order valence-corrected chi connectivity index (χ1v) is 5.37. The summed E-state index contributed by atoms with van der Waals surface area (Å²) in [4.78, 5) is 0. The normalized spacial score (nSPS) is 11.7. The minimum atomic E-state index is 0.116. The molecular formula is C14H19N. The predicted molar refractivity (Wildman–Crippen MR) is 65.5 cm³/mol. The Morgan fingerprint density at radius 1 is 1.33 bits per heavy atom. The third-order valence-corrected chi connectivity index (χ3v) is 2.59. The van der Waals surface area contributed by atoms with Gasteiger partial charge >= 0.3 is 0 Å². The molecule has 2 N–H and O–H groups in total. The van der Waals surface area contributed by atoms with E-state index in [0.717, 1.165) is 12.8 Å². The molecule has 80 valence electrons. The van der Waals surface area contributed by atoms with E-state index < -0.39 is 0 Å². The highest BCUT2D eigenvalue weighted by Crippen LogP contribution is 2.20. The van der Waals surface area contributed by atoms with Crippen molar-refractivity contribution in [3.05, 3.63) is 34.9 Å². The maximum atomic E-state index is 6.14. The SMILES string of the molecule is CC#CCCC(N)c1cc(C)ccc1C. The molecule has 0 aromatic heterocycles. The van der Waals surface area contributed by atoms with Gasteiger partial charge in [-0.2, -0.15) is 0 Å². The van der Waals surface area contributed by atoms with Crippen LogP contribution >= 0.6 is 0 Å². The van der Waals surface area contributed by atoms with E-state index >= 15 is 0 Å². The van der Waals surface area contributed by atoms with Gasteiger partial charge in [-0.15, -0.1) is 11.8 Å². The van der Waals surface area contributed by atoms with Crippen LogP contribution in [-0.4, -0.2) is 0 Å². The highest BCUT2D eigenvalue weighted by Gasteiger charge is 2.07. The van der Waals surface area contributed by atoms with Crippen LogP contribution in [0.5, 0.6) is 0 Å². The lowest BCUT2D eigenvalue weighted by Gasteiger charge is -2.14. The number of hydrogen-bond acceptors (Lipinski definition) is 1. The molecule has 0 spiro atoms. The molecule has 0 saturated carbocycles. The fourth-order valence-electron chi connectivity index (χ4n) is 1.67. The molecule has 0 amide bonds. The molecule has 0 bridgehead atoms. The van der Waals surface area contributed by atoms with Crippen molar-refractivity contribution in [3.8, 4) is 11.8 Å². The first-order valence-electron chi connectivity index (χ1n) is 5.37. The molecule has 1 aromatic carbocycles. The fourth-order valence-corrected chi connectivity index (χ4v) is 1.67. The number of benzene rings is 1. The van der Waals surface area contributed by atoms with Crippen LogP contribution in [0.15, 0.2) is 18.2 Å². The summed E-state index contributed by atoms with van der Waals surface area (Å²) in [5.74, 6) is 5.95. The Labute approximate surface area is 92.7 Å². The molecular weight excluding hydrogens is 182 g/mol. The fraction of sp³-hybridized carbons (Fsp3) is 0.429. The van der Waals surface area contributed by atoms with Gasteiger partial charge in [0.2, 0.25) is 0 Å². The van der Waals surface area contributed by atoms with Crippen LogP contribution in [0.2, 0.25) is 0 Å². The molecule has 15 heavy (non-hydrogen) atoms. The first kappa shape index (κ1) is 11.8. The monoisotopic (exact) mass is 201 g/mol. The smallest absolute Gasteiger partial charge is 0.0306 e. The van der Waals surface area contributed by atoms with Crippen LogP contribution in [0, 0.1) is 25.7 Å². The molecule has 1 unspecified atom stereocenters. The highest BCUT2D eigenvalue weighted by molar-refractivity contribution is 5.32. The zero-order valence-electron chi connectivity index (χ0n) is 9.80. The number of hydrogen-bond donors (Lipinski definition) is 1. The number of nitrogens with two attached hydrogens (primary N) is 1. The molecule has 1 aromatic rings. The largest absolute Gasteiger partial charge is 0.324 e. The zero-order chi connectivity index (χ0) is 11.3. The van der Waals surface area contributed by atoms with Crippen molar-refractivity contribution >= 4 is 0 Å². The third kappa shape index (κ3) is 3.42. The average molecular weight is 201 g/mol. The second-order valence-electron chi connectivity index (χ2n) is 3.93. The van der Waals surface area contributed by atoms with Gasteiger partial charge in [0.25, 0.3) is 0 Å². The zero-order valence-corrected chi connectivity index (χ0v) is 9.80. The lowest BCUT2D eigenvalue weighted by atomic mass is 9.96. The van der Waals surface area contributed by atoms with Crippen molar-refractivity contribution in [2.45, 2.75) is 39.7 Å². The maximum Gasteiger partial charge on any atom is 0.0306 e. The van der Waals surface area contributed by atoms with E-state index in [9.17, 15) is 0 Å². The van der Waals surface area contributed by atoms with E-state index in [1.165, 1.54) is 16.7 Å². The Hall–Kier alpha value is -1.26. The Kier molecular flexibility index (Phi) is 4.39. The molecule has 1 nitrogen and oxygen atoms in total. The van der Waals surface area contributed by atoms with Crippen LogP contribution in [0.25, 0.3) is 0 Å². The molecule has 0 radical (unpaired) electrons. The van der Waals surface area contributed by atoms with Crippen molar-refractivity contribution in [1.29, 1.82) is 0 Å². The highest BCUT2D eigenvalue weighted by atomic mass is 14.6. The Balaban J connectivity index is 2.74. The molecule has 1 rings (SSSR count). The summed E-state index contributed by atoms with van der Waals surface area (Å²) in [6.07, 6.45) is 1.82. The quantitative estimate of drug-likeness (QED) is 0.747. The standard InChI is InChI=1S/C14H19N/c1-4-5-6-7-14(15)13-10-11(2)8-9-12(13)3/h8-10,14H,6-7,15H2,1-3H3. The topological polar surface area (TPSA) is 26.0 Å². The van der Waals surface area contributed by atoms with E-state index in [1.807, 2.05) is 6.92 Å². The third-order valence-electron chi connectivity index (χ3n) is 2.59. The second-order valence-corrected chi connectivity index (χ2v) is 3.93. The summed E-state index contributed by atoms with van der Waals surface area (Å²) in [5.41, 5.74) is 9.94. The summed E-state index contributed by atoms with van der Waals surface area (Å²) in [5, 5.41) is 0. The van der Waals surface area contributed by atoms with E-state index in [-0.39, 0.29) is 6.04 Å². The molecule has 0 aliphatic heterocycles. The van der Waals surface area contributed by atoms with E-state index in [4.69, 9.17) is 5.73 Å². The summed E-state index contributed by atoms with van der Waals surface area (Å²) in [7, 11) is 0. The maximum absolute atomic E-state index is 6.14. The Morgan fingerprint density at radius 3 is 2.73 bits per heavy atom. The van der Waals surface area contributed by atoms with Crippen molar-refractivity contribution in [1.82, 2.24) is 0 Å². The summed E-state index contributed by atoms with van der Waals surface area (Å²) >= 11 is 0. The van der Waals surface area contributed by atoms with Crippen LogP contribution in [-0.2, 0) is 0 Å². The van der Waals surface area contributed by atoms with E-state index in [0.29, 0.717) is 0 Å². The van der Waals surface area contributed by atoms with Crippen molar-refractivity contribution in [3.63, 3.8) is 0 Å². The van der Waals surface area contributed by atoms with Gasteiger partial charge in [-0.05, 0) is 38.3 Å².